The molecule has 0 saturated heterocycles. The molecule has 1 fully saturated rings. The topological polar surface area (TPSA) is 80.0 Å². The highest BCUT2D eigenvalue weighted by atomic mass is 35.5. The molecule has 2 aromatic heterocycles. The molecule has 1 aliphatic carbocycles. The summed E-state index contributed by atoms with van der Waals surface area (Å²) in [5, 5.41) is 12.9. The molecule has 4 rings (SSSR count). The van der Waals surface area contributed by atoms with Gasteiger partial charge in [0.2, 0.25) is 0 Å². The molecule has 0 radical (unpaired) electrons. The third-order valence-electron chi connectivity index (χ3n) is 4.58. The molecule has 28 heavy (non-hydrogen) atoms. The van der Waals surface area contributed by atoms with E-state index in [2.05, 4.69) is 15.3 Å². The predicted octanol–water partition coefficient (Wildman–Crippen LogP) is 3.39. The fraction of sp³-hybridized carbons (Fsp3) is 0.278. The summed E-state index contributed by atoms with van der Waals surface area (Å²) in [5.74, 6) is 0.126. The summed E-state index contributed by atoms with van der Waals surface area (Å²) >= 11 is 6.15. The van der Waals surface area contributed by atoms with Crippen LogP contribution >= 0.6 is 11.6 Å². The van der Waals surface area contributed by atoms with Gasteiger partial charge in [-0.1, -0.05) is 23.7 Å². The summed E-state index contributed by atoms with van der Waals surface area (Å²) < 4.78 is 40.6. The molecular weight excluding hydrogens is 397 g/mol. The van der Waals surface area contributed by atoms with Crippen LogP contribution in [-0.4, -0.2) is 31.8 Å². The molecular formula is C18H14ClF3N4O2. The molecule has 0 bridgehead atoms. The van der Waals surface area contributed by atoms with E-state index >= 15 is 0 Å². The largest absolute Gasteiger partial charge is 0.433 e. The predicted molar refractivity (Wildman–Crippen MR) is 97.8 cm³/mol. The molecule has 146 valence electrons. The maximum Gasteiger partial charge on any atom is 0.433 e. The number of benzene rings is 1. The van der Waals surface area contributed by atoms with Crippen LogP contribution in [0.4, 0.5) is 19.0 Å². The molecule has 0 amide bonds. The van der Waals surface area contributed by atoms with Gasteiger partial charge in [-0.15, -0.1) is 0 Å². The summed E-state index contributed by atoms with van der Waals surface area (Å²) in [4.78, 5) is 20.4. The molecule has 1 aliphatic rings. The van der Waals surface area contributed by atoms with Crippen LogP contribution in [0.1, 0.15) is 18.5 Å². The highest BCUT2D eigenvalue weighted by molar-refractivity contribution is 6.32. The van der Waals surface area contributed by atoms with Crippen LogP contribution in [-0.2, 0) is 6.18 Å². The standard InChI is InChI=1S/C18H14ClF3N4O2/c19-12-3-1-2-4-13(12)26-16-11(5-6-14(24-16)18(20,21)22)15(25-17(26)28)23-9-7-10(27)8-9/h1-6,9-10,27H,7-8H2,(H,23,25,28). The van der Waals surface area contributed by atoms with Crippen molar-refractivity contribution in [2.75, 3.05) is 5.32 Å². The Labute approximate surface area is 161 Å². The molecule has 2 heterocycles. The van der Waals surface area contributed by atoms with Gasteiger partial charge in [0.25, 0.3) is 0 Å². The number of para-hydroxylation sites is 1. The van der Waals surface area contributed by atoms with E-state index in [1.807, 2.05) is 0 Å². The van der Waals surface area contributed by atoms with Gasteiger partial charge >= 0.3 is 11.9 Å². The van der Waals surface area contributed by atoms with Crippen LogP contribution in [0, 0.1) is 0 Å². The Hall–Kier alpha value is -2.65. The van der Waals surface area contributed by atoms with E-state index < -0.39 is 23.7 Å². The third-order valence-corrected chi connectivity index (χ3v) is 4.90. The normalized spacial score (nSPS) is 19.5. The number of pyridine rings is 1. The number of hydrogen-bond donors (Lipinski definition) is 2. The first kappa shape index (κ1) is 18.7. The Balaban J connectivity index is 1.96. The fourth-order valence-electron chi connectivity index (χ4n) is 3.12. The van der Waals surface area contributed by atoms with Crippen molar-refractivity contribution in [3.8, 4) is 5.69 Å². The molecule has 0 unspecified atom stereocenters. The zero-order chi connectivity index (χ0) is 20.1. The summed E-state index contributed by atoms with van der Waals surface area (Å²) in [5.41, 5.74) is -1.96. The summed E-state index contributed by atoms with van der Waals surface area (Å²) in [6.45, 7) is 0. The molecule has 10 heteroatoms. The molecule has 1 saturated carbocycles. The first-order valence-corrected chi connectivity index (χ1v) is 8.82. The van der Waals surface area contributed by atoms with E-state index in [9.17, 15) is 23.1 Å². The Morgan fingerprint density at radius 2 is 1.86 bits per heavy atom. The van der Waals surface area contributed by atoms with Crippen LogP contribution in [0.2, 0.25) is 5.02 Å². The minimum Gasteiger partial charge on any atom is -0.393 e. The number of aliphatic hydroxyl groups excluding tert-OH is 1. The van der Waals surface area contributed by atoms with Gasteiger partial charge < -0.3 is 10.4 Å². The average Bonchev–Trinajstić information content (AvgIpc) is 2.60. The van der Waals surface area contributed by atoms with Crippen molar-refractivity contribution < 1.29 is 18.3 Å². The lowest BCUT2D eigenvalue weighted by molar-refractivity contribution is -0.141. The van der Waals surface area contributed by atoms with E-state index in [1.165, 1.54) is 18.2 Å². The van der Waals surface area contributed by atoms with Crippen LogP contribution in [0.5, 0.6) is 0 Å². The number of halogens is 4. The van der Waals surface area contributed by atoms with Gasteiger partial charge in [0.15, 0.2) is 5.65 Å². The lowest BCUT2D eigenvalue weighted by Gasteiger charge is -2.32. The quantitative estimate of drug-likeness (QED) is 0.692. The van der Waals surface area contributed by atoms with Gasteiger partial charge in [0, 0.05) is 6.04 Å². The molecule has 0 aliphatic heterocycles. The number of aliphatic hydroxyl groups is 1. The number of aromatic nitrogens is 3. The van der Waals surface area contributed by atoms with E-state index in [1.54, 1.807) is 12.1 Å². The van der Waals surface area contributed by atoms with E-state index in [4.69, 9.17) is 11.6 Å². The highest BCUT2D eigenvalue weighted by Crippen LogP contribution is 2.32. The van der Waals surface area contributed by atoms with Gasteiger partial charge in [0.05, 0.1) is 22.2 Å². The number of nitrogens with one attached hydrogen (secondary N) is 1. The molecule has 1 aromatic carbocycles. The van der Waals surface area contributed by atoms with Crippen LogP contribution in [0.25, 0.3) is 16.7 Å². The summed E-state index contributed by atoms with van der Waals surface area (Å²) in [6, 6.07) is 8.21. The second-order valence-electron chi connectivity index (χ2n) is 6.56. The Kier molecular flexibility index (Phi) is 4.51. The Bertz CT molecular complexity index is 1110. The van der Waals surface area contributed by atoms with Crippen molar-refractivity contribution in [1.29, 1.82) is 0 Å². The van der Waals surface area contributed by atoms with Gasteiger partial charge in [-0.3, -0.25) is 0 Å². The van der Waals surface area contributed by atoms with Crippen LogP contribution < -0.4 is 11.0 Å². The van der Waals surface area contributed by atoms with Crippen molar-refractivity contribution in [2.24, 2.45) is 0 Å². The van der Waals surface area contributed by atoms with Crippen molar-refractivity contribution in [1.82, 2.24) is 14.5 Å². The Morgan fingerprint density at radius 1 is 1.14 bits per heavy atom. The maximum atomic E-state index is 13.2. The highest BCUT2D eigenvalue weighted by Gasteiger charge is 2.34. The molecule has 2 N–H and O–H groups in total. The van der Waals surface area contributed by atoms with Crippen molar-refractivity contribution in [2.45, 2.75) is 31.2 Å². The van der Waals surface area contributed by atoms with Gasteiger partial charge in [-0.05, 0) is 37.1 Å². The van der Waals surface area contributed by atoms with E-state index in [0.29, 0.717) is 12.8 Å². The number of hydrogen-bond acceptors (Lipinski definition) is 5. The minimum atomic E-state index is -4.68. The zero-order valence-corrected chi connectivity index (χ0v) is 15.0. The number of alkyl halides is 3. The van der Waals surface area contributed by atoms with Crippen LogP contribution in [0.3, 0.4) is 0 Å². The molecule has 6 nitrogen and oxygen atoms in total. The van der Waals surface area contributed by atoms with Crippen molar-refractivity contribution >= 4 is 28.5 Å². The molecule has 0 atom stereocenters. The second kappa shape index (κ2) is 6.75. The van der Waals surface area contributed by atoms with Gasteiger partial charge in [-0.2, -0.15) is 18.2 Å². The van der Waals surface area contributed by atoms with Crippen molar-refractivity contribution in [3.63, 3.8) is 0 Å². The minimum absolute atomic E-state index is 0.122. The fourth-order valence-corrected chi connectivity index (χ4v) is 3.34. The summed E-state index contributed by atoms with van der Waals surface area (Å²) in [6.07, 6.45) is -4.19. The third kappa shape index (κ3) is 3.31. The lowest BCUT2D eigenvalue weighted by Crippen LogP contribution is -2.40. The summed E-state index contributed by atoms with van der Waals surface area (Å²) in [7, 11) is 0. The number of rotatable bonds is 3. The first-order valence-electron chi connectivity index (χ1n) is 8.44. The van der Waals surface area contributed by atoms with Gasteiger partial charge in [-0.25, -0.2) is 14.3 Å². The van der Waals surface area contributed by atoms with E-state index in [-0.39, 0.29) is 33.6 Å². The van der Waals surface area contributed by atoms with Crippen LogP contribution in [0.15, 0.2) is 41.2 Å². The second-order valence-corrected chi connectivity index (χ2v) is 6.97. The van der Waals surface area contributed by atoms with E-state index in [0.717, 1.165) is 10.6 Å². The zero-order valence-electron chi connectivity index (χ0n) is 14.2. The molecule has 3 aromatic rings. The average molecular weight is 411 g/mol. The SMILES string of the molecule is O=c1nc(NC2CC(O)C2)c2ccc(C(F)(F)F)nc2n1-c1ccccc1Cl. The number of fused-ring (bicyclic) bond motifs is 1. The Morgan fingerprint density at radius 3 is 2.50 bits per heavy atom. The smallest absolute Gasteiger partial charge is 0.393 e. The number of nitrogens with zero attached hydrogens (tertiary/aromatic N) is 3. The lowest BCUT2D eigenvalue weighted by atomic mass is 9.89. The van der Waals surface area contributed by atoms with Gasteiger partial charge in [0.1, 0.15) is 11.5 Å². The van der Waals surface area contributed by atoms with Crippen molar-refractivity contribution in [3.05, 3.63) is 57.6 Å². The number of anilines is 1. The maximum absolute atomic E-state index is 13.2. The monoisotopic (exact) mass is 410 g/mol. The first-order chi connectivity index (χ1) is 13.2. The molecule has 0 spiro atoms.